The summed E-state index contributed by atoms with van der Waals surface area (Å²) in [7, 11) is 1.81. The Labute approximate surface area is 150 Å². The van der Waals surface area contributed by atoms with Crippen molar-refractivity contribution < 1.29 is 19.2 Å². The van der Waals surface area contributed by atoms with Crippen molar-refractivity contribution in [3.05, 3.63) is 58.1 Å². The van der Waals surface area contributed by atoms with Gasteiger partial charge in [-0.3, -0.25) is 19.8 Å². The molecule has 0 aromatic heterocycles. The molecule has 136 valence electrons. The summed E-state index contributed by atoms with van der Waals surface area (Å²) in [5, 5.41) is 13.7. The smallest absolute Gasteiger partial charge is 0.292 e. The molecule has 1 heterocycles. The van der Waals surface area contributed by atoms with Gasteiger partial charge >= 0.3 is 0 Å². The maximum Gasteiger partial charge on any atom is 0.292 e. The second-order valence-corrected chi connectivity index (χ2v) is 6.04. The fourth-order valence-electron chi connectivity index (χ4n) is 2.64. The summed E-state index contributed by atoms with van der Waals surface area (Å²) in [6.07, 6.45) is 0. The summed E-state index contributed by atoms with van der Waals surface area (Å²) in [6, 6.07) is 11.2. The SMILES string of the molecule is C[C@@H](C(=O)Nc1ccccc1[N+](=O)[O-])N(C)Cc1ccc2c(c1)OCO2. The molecule has 2 aromatic rings. The van der Waals surface area contributed by atoms with E-state index >= 15 is 0 Å². The van der Waals surface area contributed by atoms with Crippen LogP contribution in [-0.2, 0) is 11.3 Å². The van der Waals surface area contributed by atoms with Crippen LogP contribution in [0.25, 0.3) is 0 Å². The van der Waals surface area contributed by atoms with Crippen molar-refractivity contribution >= 4 is 17.3 Å². The number of rotatable bonds is 6. The van der Waals surface area contributed by atoms with E-state index in [1.165, 1.54) is 12.1 Å². The monoisotopic (exact) mass is 357 g/mol. The highest BCUT2D eigenvalue weighted by atomic mass is 16.7. The molecule has 3 rings (SSSR count). The average Bonchev–Trinajstić information content (AvgIpc) is 3.09. The second-order valence-electron chi connectivity index (χ2n) is 6.04. The van der Waals surface area contributed by atoms with Crippen molar-refractivity contribution in [3.8, 4) is 11.5 Å². The lowest BCUT2D eigenvalue weighted by atomic mass is 10.1. The fourth-order valence-corrected chi connectivity index (χ4v) is 2.64. The van der Waals surface area contributed by atoms with Crippen LogP contribution in [0.5, 0.6) is 11.5 Å². The lowest BCUT2D eigenvalue weighted by Gasteiger charge is -2.24. The number of likely N-dealkylation sites (N-methyl/N-ethyl adjacent to an activating group) is 1. The molecule has 1 atom stereocenters. The first kappa shape index (κ1) is 17.7. The molecule has 0 saturated carbocycles. The number of para-hydroxylation sites is 2. The minimum Gasteiger partial charge on any atom is -0.454 e. The number of nitrogens with zero attached hydrogens (tertiary/aromatic N) is 2. The Kier molecular flexibility index (Phi) is 5.04. The van der Waals surface area contributed by atoms with E-state index in [1.807, 2.05) is 30.1 Å². The number of carbonyl (C=O) groups excluding carboxylic acids is 1. The van der Waals surface area contributed by atoms with Gasteiger partial charge in [-0.15, -0.1) is 0 Å². The van der Waals surface area contributed by atoms with Crippen LogP contribution >= 0.6 is 0 Å². The maximum atomic E-state index is 12.5. The van der Waals surface area contributed by atoms with E-state index in [-0.39, 0.29) is 24.1 Å². The zero-order chi connectivity index (χ0) is 18.7. The molecule has 8 heteroatoms. The van der Waals surface area contributed by atoms with E-state index in [0.717, 1.165) is 5.56 Å². The standard InChI is InChI=1S/C18H19N3O5/c1-12(18(22)19-14-5-3-4-6-15(14)21(23)24)20(2)10-13-7-8-16-17(9-13)26-11-25-16/h3-9,12H,10-11H2,1-2H3,(H,19,22)/t12-/m0/s1. The topological polar surface area (TPSA) is 93.9 Å². The Balaban J connectivity index is 1.65. The van der Waals surface area contributed by atoms with Gasteiger partial charge in [0.2, 0.25) is 12.7 Å². The second kappa shape index (κ2) is 7.40. The van der Waals surface area contributed by atoms with E-state index in [9.17, 15) is 14.9 Å². The molecule has 0 fully saturated rings. The highest BCUT2D eigenvalue weighted by Gasteiger charge is 2.22. The van der Waals surface area contributed by atoms with Crippen LogP contribution in [0.1, 0.15) is 12.5 Å². The third kappa shape index (κ3) is 3.75. The predicted octanol–water partition coefficient (Wildman–Crippen LogP) is 2.78. The molecule has 2 aromatic carbocycles. The Morgan fingerprint density at radius 1 is 1.27 bits per heavy atom. The number of nitrogens with one attached hydrogen (secondary N) is 1. The van der Waals surface area contributed by atoms with E-state index in [1.54, 1.807) is 19.1 Å². The number of nitro benzene ring substituents is 1. The summed E-state index contributed by atoms with van der Waals surface area (Å²) in [5.41, 5.74) is 1.03. The molecule has 1 amide bonds. The number of benzene rings is 2. The molecule has 0 spiro atoms. The van der Waals surface area contributed by atoms with Crippen molar-refractivity contribution in [1.82, 2.24) is 4.90 Å². The molecule has 0 aliphatic carbocycles. The third-order valence-corrected chi connectivity index (χ3v) is 4.27. The number of amides is 1. The number of ether oxygens (including phenoxy) is 2. The van der Waals surface area contributed by atoms with Crippen molar-refractivity contribution in [2.45, 2.75) is 19.5 Å². The van der Waals surface area contributed by atoms with Crippen LogP contribution in [0.4, 0.5) is 11.4 Å². The van der Waals surface area contributed by atoms with Crippen LogP contribution in [0, 0.1) is 10.1 Å². The van der Waals surface area contributed by atoms with Gasteiger partial charge in [-0.25, -0.2) is 0 Å². The zero-order valence-electron chi connectivity index (χ0n) is 14.5. The van der Waals surface area contributed by atoms with Crippen LogP contribution in [0.15, 0.2) is 42.5 Å². The molecule has 26 heavy (non-hydrogen) atoms. The molecule has 1 aliphatic rings. The molecule has 8 nitrogen and oxygen atoms in total. The summed E-state index contributed by atoms with van der Waals surface area (Å²) >= 11 is 0. The van der Waals surface area contributed by atoms with Gasteiger partial charge in [0, 0.05) is 12.6 Å². The fraction of sp³-hybridized carbons (Fsp3) is 0.278. The Morgan fingerprint density at radius 2 is 2.00 bits per heavy atom. The number of carbonyl (C=O) groups is 1. The highest BCUT2D eigenvalue weighted by Crippen LogP contribution is 2.33. The van der Waals surface area contributed by atoms with Gasteiger partial charge in [-0.1, -0.05) is 18.2 Å². The van der Waals surface area contributed by atoms with Gasteiger partial charge in [0.25, 0.3) is 5.69 Å². The van der Waals surface area contributed by atoms with E-state index in [4.69, 9.17) is 9.47 Å². The Hall–Kier alpha value is -3.13. The molecule has 1 aliphatic heterocycles. The largest absolute Gasteiger partial charge is 0.454 e. The number of hydrogen-bond donors (Lipinski definition) is 1. The van der Waals surface area contributed by atoms with Crippen LogP contribution in [-0.4, -0.2) is 35.6 Å². The molecule has 0 saturated heterocycles. The van der Waals surface area contributed by atoms with Crippen LogP contribution in [0.3, 0.4) is 0 Å². The highest BCUT2D eigenvalue weighted by molar-refractivity contribution is 5.96. The van der Waals surface area contributed by atoms with Crippen molar-refractivity contribution in [1.29, 1.82) is 0 Å². The normalized spacial score (nSPS) is 13.5. The predicted molar refractivity (Wildman–Crippen MR) is 95.2 cm³/mol. The summed E-state index contributed by atoms with van der Waals surface area (Å²) < 4.78 is 10.6. The number of fused-ring (bicyclic) bond motifs is 1. The molecular formula is C18H19N3O5. The molecule has 0 bridgehead atoms. The van der Waals surface area contributed by atoms with E-state index < -0.39 is 11.0 Å². The lowest BCUT2D eigenvalue weighted by molar-refractivity contribution is -0.383. The van der Waals surface area contributed by atoms with Gasteiger partial charge in [0.1, 0.15) is 5.69 Å². The van der Waals surface area contributed by atoms with Gasteiger partial charge in [-0.05, 0) is 37.7 Å². The average molecular weight is 357 g/mol. The van der Waals surface area contributed by atoms with Crippen LogP contribution in [0.2, 0.25) is 0 Å². The molecule has 1 N–H and O–H groups in total. The quantitative estimate of drug-likeness (QED) is 0.631. The van der Waals surface area contributed by atoms with Crippen LogP contribution < -0.4 is 14.8 Å². The Bertz CT molecular complexity index is 839. The van der Waals surface area contributed by atoms with Gasteiger partial charge < -0.3 is 14.8 Å². The van der Waals surface area contributed by atoms with Gasteiger partial charge in [-0.2, -0.15) is 0 Å². The summed E-state index contributed by atoms with van der Waals surface area (Å²) in [4.78, 5) is 24.9. The molecular weight excluding hydrogens is 338 g/mol. The van der Waals surface area contributed by atoms with Gasteiger partial charge in [0.15, 0.2) is 11.5 Å². The summed E-state index contributed by atoms with van der Waals surface area (Å²) in [6.45, 7) is 2.47. The first-order valence-electron chi connectivity index (χ1n) is 8.09. The van der Waals surface area contributed by atoms with Gasteiger partial charge in [0.05, 0.1) is 11.0 Å². The number of anilines is 1. The lowest BCUT2D eigenvalue weighted by Crippen LogP contribution is -2.39. The zero-order valence-corrected chi connectivity index (χ0v) is 14.5. The van der Waals surface area contributed by atoms with Crippen molar-refractivity contribution in [2.24, 2.45) is 0 Å². The first-order valence-corrected chi connectivity index (χ1v) is 8.09. The first-order chi connectivity index (χ1) is 12.5. The maximum absolute atomic E-state index is 12.5. The Morgan fingerprint density at radius 3 is 2.77 bits per heavy atom. The van der Waals surface area contributed by atoms with Crippen molar-refractivity contribution in [3.63, 3.8) is 0 Å². The van der Waals surface area contributed by atoms with Crippen molar-refractivity contribution in [2.75, 3.05) is 19.2 Å². The van der Waals surface area contributed by atoms with E-state index in [2.05, 4.69) is 5.32 Å². The minimum absolute atomic E-state index is 0.133. The molecule has 0 unspecified atom stereocenters. The number of nitro groups is 1. The summed E-state index contributed by atoms with van der Waals surface area (Å²) in [5.74, 6) is 1.08. The number of hydrogen-bond acceptors (Lipinski definition) is 6. The third-order valence-electron chi connectivity index (χ3n) is 4.27. The van der Waals surface area contributed by atoms with E-state index in [0.29, 0.717) is 18.0 Å². The minimum atomic E-state index is -0.517. The molecule has 0 radical (unpaired) electrons.